The van der Waals surface area contributed by atoms with E-state index in [0.717, 1.165) is 16.5 Å². The number of hydrogen-bond donors (Lipinski definition) is 2. The average molecular weight is 385 g/mol. The van der Waals surface area contributed by atoms with E-state index in [1.165, 1.54) is 6.07 Å². The standard InChI is InChI=1S/C20H17F2N3O3/c21-12-4-5-17(15(22)9-12)25-10-11(8-18(25)26)19(27)24-16-3-1-2-14-13(16)6-7-23-20(14)28/h1-5,9,11H,6-8,10H2,(H,23,28)(H,24,27). The number of amides is 3. The third kappa shape index (κ3) is 3.21. The van der Waals surface area contributed by atoms with Crippen LogP contribution in [0, 0.1) is 17.6 Å². The first kappa shape index (κ1) is 18.1. The van der Waals surface area contributed by atoms with E-state index in [-0.39, 0.29) is 30.5 Å². The Balaban J connectivity index is 1.52. The van der Waals surface area contributed by atoms with E-state index in [4.69, 9.17) is 0 Å². The molecule has 1 unspecified atom stereocenters. The van der Waals surface area contributed by atoms with Crippen molar-refractivity contribution >= 4 is 29.1 Å². The lowest BCUT2D eigenvalue weighted by molar-refractivity contribution is -0.122. The molecule has 2 heterocycles. The molecule has 6 nitrogen and oxygen atoms in total. The summed E-state index contributed by atoms with van der Waals surface area (Å²) in [5, 5.41) is 5.54. The monoisotopic (exact) mass is 385 g/mol. The molecule has 2 aliphatic heterocycles. The largest absolute Gasteiger partial charge is 0.352 e. The van der Waals surface area contributed by atoms with Gasteiger partial charge < -0.3 is 15.5 Å². The van der Waals surface area contributed by atoms with Gasteiger partial charge in [-0.3, -0.25) is 14.4 Å². The summed E-state index contributed by atoms with van der Waals surface area (Å²) in [5.41, 5.74) is 1.76. The molecule has 0 aromatic heterocycles. The molecule has 0 radical (unpaired) electrons. The first-order valence-electron chi connectivity index (χ1n) is 8.90. The van der Waals surface area contributed by atoms with Gasteiger partial charge in [0.05, 0.1) is 11.6 Å². The van der Waals surface area contributed by atoms with Crippen LogP contribution in [-0.2, 0) is 16.0 Å². The fraction of sp³-hybridized carbons (Fsp3) is 0.250. The topological polar surface area (TPSA) is 78.5 Å². The molecule has 28 heavy (non-hydrogen) atoms. The Kier molecular flexibility index (Phi) is 4.54. The van der Waals surface area contributed by atoms with Gasteiger partial charge in [-0.1, -0.05) is 6.07 Å². The zero-order chi connectivity index (χ0) is 19.8. The maximum atomic E-state index is 14.0. The second-order valence-corrected chi connectivity index (χ2v) is 6.83. The molecule has 2 N–H and O–H groups in total. The minimum atomic E-state index is -0.849. The van der Waals surface area contributed by atoms with Gasteiger partial charge in [0.1, 0.15) is 11.6 Å². The summed E-state index contributed by atoms with van der Waals surface area (Å²) in [6.07, 6.45) is 0.520. The van der Waals surface area contributed by atoms with Gasteiger partial charge in [-0.05, 0) is 36.2 Å². The maximum Gasteiger partial charge on any atom is 0.251 e. The molecule has 1 saturated heterocycles. The fourth-order valence-corrected chi connectivity index (χ4v) is 3.63. The molecule has 2 aromatic rings. The Bertz CT molecular complexity index is 993. The van der Waals surface area contributed by atoms with Crippen LogP contribution >= 0.6 is 0 Å². The molecule has 0 bridgehead atoms. The molecule has 2 aromatic carbocycles. The number of carbonyl (C=O) groups is 3. The van der Waals surface area contributed by atoms with E-state index in [1.54, 1.807) is 18.2 Å². The summed E-state index contributed by atoms with van der Waals surface area (Å²) in [6.45, 7) is 0.487. The lowest BCUT2D eigenvalue weighted by atomic mass is 9.98. The molecule has 0 saturated carbocycles. The number of nitrogens with zero attached hydrogens (tertiary/aromatic N) is 1. The lowest BCUT2D eigenvalue weighted by Crippen LogP contribution is -2.33. The van der Waals surface area contributed by atoms with Gasteiger partial charge in [-0.15, -0.1) is 0 Å². The van der Waals surface area contributed by atoms with Crippen LogP contribution in [0.3, 0.4) is 0 Å². The van der Waals surface area contributed by atoms with Crippen LogP contribution < -0.4 is 15.5 Å². The van der Waals surface area contributed by atoms with Crippen molar-refractivity contribution in [3.05, 3.63) is 59.2 Å². The summed E-state index contributed by atoms with van der Waals surface area (Å²) in [5.74, 6) is -3.23. The number of hydrogen-bond acceptors (Lipinski definition) is 3. The lowest BCUT2D eigenvalue weighted by Gasteiger charge is -2.21. The van der Waals surface area contributed by atoms with E-state index >= 15 is 0 Å². The van der Waals surface area contributed by atoms with Crippen molar-refractivity contribution in [1.82, 2.24) is 5.32 Å². The van der Waals surface area contributed by atoms with Gasteiger partial charge in [0.15, 0.2) is 0 Å². The Morgan fingerprint density at radius 2 is 2.00 bits per heavy atom. The molecular weight excluding hydrogens is 368 g/mol. The van der Waals surface area contributed by atoms with Crippen molar-refractivity contribution in [2.45, 2.75) is 12.8 Å². The van der Waals surface area contributed by atoms with Gasteiger partial charge in [-0.25, -0.2) is 8.78 Å². The van der Waals surface area contributed by atoms with Crippen LogP contribution in [0.15, 0.2) is 36.4 Å². The number of anilines is 2. The SMILES string of the molecule is O=C1NCCc2c(NC(=O)C3CC(=O)N(c4ccc(F)cc4F)C3)cccc21. The highest BCUT2D eigenvalue weighted by Crippen LogP contribution is 2.29. The Morgan fingerprint density at radius 3 is 2.79 bits per heavy atom. The van der Waals surface area contributed by atoms with Gasteiger partial charge in [0.25, 0.3) is 5.91 Å². The first-order chi connectivity index (χ1) is 13.4. The molecule has 2 aliphatic rings. The first-order valence-corrected chi connectivity index (χ1v) is 8.90. The highest BCUT2D eigenvalue weighted by Gasteiger charge is 2.36. The van der Waals surface area contributed by atoms with Crippen LogP contribution in [0.2, 0.25) is 0 Å². The maximum absolute atomic E-state index is 14.0. The van der Waals surface area contributed by atoms with E-state index < -0.39 is 23.5 Å². The second-order valence-electron chi connectivity index (χ2n) is 6.83. The Morgan fingerprint density at radius 1 is 1.18 bits per heavy atom. The number of nitrogens with one attached hydrogen (secondary N) is 2. The van der Waals surface area contributed by atoms with Gasteiger partial charge >= 0.3 is 0 Å². The van der Waals surface area contributed by atoms with Crippen molar-refractivity contribution in [1.29, 1.82) is 0 Å². The summed E-state index contributed by atoms with van der Waals surface area (Å²) in [6, 6.07) is 8.05. The average Bonchev–Trinajstić information content (AvgIpc) is 3.04. The molecular formula is C20H17F2N3O3. The fourth-order valence-electron chi connectivity index (χ4n) is 3.63. The van der Waals surface area contributed by atoms with Crippen LogP contribution in [0.25, 0.3) is 0 Å². The van der Waals surface area contributed by atoms with E-state index in [1.807, 2.05) is 0 Å². The van der Waals surface area contributed by atoms with Gasteiger partial charge in [-0.2, -0.15) is 0 Å². The molecule has 0 aliphatic carbocycles. The normalized spacial score (nSPS) is 18.6. The smallest absolute Gasteiger partial charge is 0.251 e. The highest BCUT2D eigenvalue weighted by atomic mass is 19.1. The molecule has 1 fully saturated rings. The van der Waals surface area contributed by atoms with Crippen LogP contribution in [0.1, 0.15) is 22.3 Å². The van der Waals surface area contributed by atoms with Crippen molar-refractivity contribution < 1.29 is 23.2 Å². The zero-order valence-corrected chi connectivity index (χ0v) is 14.8. The van der Waals surface area contributed by atoms with Crippen molar-refractivity contribution in [2.75, 3.05) is 23.3 Å². The zero-order valence-electron chi connectivity index (χ0n) is 14.8. The molecule has 0 spiro atoms. The number of halogens is 2. The number of fused-ring (bicyclic) bond motifs is 1. The second kappa shape index (κ2) is 7.03. The van der Waals surface area contributed by atoms with Crippen LogP contribution in [0.4, 0.5) is 20.2 Å². The number of rotatable bonds is 3. The predicted molar refractivity (Wildman–Crippen MR) is 97.9 cm³/mol. The molecule has 4 rings (SSSR count). The summed E-state index contributed by atoms with van der Waals surface area (Å²) in [4.78, 5) is 38.1. The minimum absolute atomic E-state index is 0.00271. The van der Waals surface area contributed by atoms with E-state index in [0.29, 0.717) is 30.3 Å². The summed E-state index contributed by atoms with van der Waals surface area (Å²) in [7, 11) is 0. The quantitative estimate of drug-likeness (QED) is 0.851. The Hall–Kier alpha value is -3.29. The molecule has 144 valence electrons. The third-order valence-corrected chi connectivity index (χ3v) is 5.04. The van der Waals surface area contributed by atoms with Gasteiger partial charge in [0.2, 0.25) is 11.8 Å². The van der Waals surface area contributed by atoms with E-state index in [9.17, 15) is 23.2 Å². The molecule has 8 heteroatoms. The van der Waals surface area contributed by atoms with Crippen molar-refractivity contribution in [3.8, 4) is 0 Å². The van der Waals surface area contributed by atoms with Crippen molar-refractivity contribution in [2.24, 2.45) is 5.92 Å². The van der Waals surface area contributed by atoms with E-state index in [2.05, 4.69) is 10.6 Å². The number of benzene rings is 2. The molecule has 3 amide bonds. The van der Waals surface area contributed by atoms with Crippen LogP contribution in [-0.4, -0.2) is 30.8 Å². The van der Waals surface area contributed by atoms with Crippen molar-refractivity contribution in [3.63, 3.8) is 0 Å². The van der Waals surface area contributed by atoms with Crippen LogP contribution in [0.5, 0.6) is 0 Å². The predicted octanol–water partition coefficient (Wildman–Crippen LogP) is 2.24. The number of carbonyl (C=O) groups excluding carboxylic acids is 3. The highest BCUT2D eigenvalue weighted by molar-refractivity contribution is 6.05. The Labute approximate surface area is 159 Å². The summed E-state index contributed by atoms with van der Waals surface area (Å²) < 4.78 is 27.1. The third-order valence-electron chi connectivity index (χ3n) is 5.04. The van der Waals surface area contributed by atoms with Gasteiger partial charge in [0, 0.05) is 36.8 Å². The molecule has 1 atom stereocenters. The minimum Gasteiger partial charge on any atom is -0.352 e. The summed E-state index contributed by atoms with van der Waals surface area (Å²) >= 11 is 0.